The summed E-state index contributed by atoms with van der Waals surface area (Å²) in [5.74, 6) is 2.09. The van der Waals surface area contributed by atoms with Gasteiger partial charge in [0.15, 0.2) is 11.5 Å². The molecule has 2 aromatic carbocycles. The van der Waals surface area contributed by atoms with E-state index in [1.807, 2.05) is 56.3 Å². The number of thioether (sulfide) groups is 1. The van der Waals surface area contributed by atoms with Crippen LogP contribution in [0.15, 0.2) is 47.4 Å². The molecule has 6 heteroatoms. The highest BCUT2D eigenvalue weighted by atomic mass is 32.2. The molecule has 0 saturated heterocycles. The molecule has 0 radical (unpaired) electrons. The summed E-state index contributed by atoms with van der Waals surface area (Å²) in [7, 11) is 4.83. The van der Waals surface area contributed by atoms with Crippen LogP contribution in [0.3, 0.4) is 0 Å². The van der Waals surface area contributed by atoms with E-state index in [0.717, 1.165) is 16.2 Å². The van der Waals surface area contributed by atoms with Crippen molar-refractivity contribution in [3.05, 3.63) is 48.0 Å². The Labute approximate surface area is 159 Å². The smallest absolute Gasteiger partial charge is 0.233 e. The molecule has 140 valence electrons. The van der Waals surface area contributed by atoms with Gasteiger partial charge in [-0.1, -0.05) is 12.1 Å². The molecule has 0 aliphatic rings. The fourth-order valence-electron chi connectivity index (χ4n) is 2.45. The van der Waals surface area contributed by atoms with E-state index in [0.29, 0.717) is 11.5 Å². The molecule has 26 heavy (non-hydrogen) atoms. The highest BCUT2D eigenvalue weighted by Gasteiger charge is 2.18. The van der Waals surface area contributed by atoms with Crippen molar-refractivity contribution >= 4 is 17.7 Å². The van der Waals surface area contributed by atoms with Crippen LogP contribution in [0.25, 0.3) is 0 Å². The molecule has 0 bridgehead atoms. The quantitative estimate of drug-likeness (QED) is 0.705. The monoisotopic (exact) mass is 375 g/mol. The molecule has 1 N–H and O–H groups in total. The summed E-state index contributed by atoms with van der Waals surface area (Å²) >= 11 is 1.48. The maximum Gasteiger partial charge on any atom is 0.233 e. The maximum absolute atomic E-state index is 12.5. The third-order valence-electron chi connectivity index (χ3n) is 4.01. The third-order valence-corrected chi connectivity index (χ3v) is 5.11. The van der Waals surface area contributed by atoms with Gasteiger partial charge in [0.2, 0.25) is 5.91 Å². The minimum Gasteiger partial charge on any atom is -0.497 e. The standard InChI is InChI=1S/C20H25NO4S/c1-13(15-6-8-16(23-3)9-7-15)21-20(22)14(2)26-17-10-11-18(24-4)19(12-17)25-5/h6-14H,1-5H3,(H,21,22)/t13-,14+/m1/s1. The number of carbonyl (C=O) groups excluding carboxylic acids is 1. The largest absolute Gasteiger partial charge is 0.497 e. The fourth-order valence-corrected chi connectivity index (χ4v) is 3.36. The summed E-state index contributed by atoms with van der Waals surface area (Å²) in [5.41, 5.74) is 1.03. The van der Waals surface area contributed by atoms with Gasteiger partial charge in [-0.25, -0.2) is 0 Å². The Balaban J connectivity index is 1.98. The lowest BCUT2D eigenvalue weighted by atomic mass is 10.1. The number of benzene rings is 2. The number of ether oxygens (including phenoxy) is 3. The molecular formula is C20H25NO4S. The van der Waals surface area contributed by atoms with Crippen LogP contribution in [-0.2, 0) is 4.79 Å². The van der Waals surface area contributed by atoms with Crippen LogP contribution in [0.4, 0.5) is 0 Å². The van der Waals surface area contributed by atoms with E-state index < -0.39 is 0 Å². The summed E-state index contributed by atoms with van der Waals surface area (Å²) in [6, 6.07) is 13.2. The Hall–Kier alpha value is -2.34. The number of amides is 1. The first-order valence-electron chi connectivity index (χ1n) is 8.31. The minimum absolute atomic E-state index is 0.0203. The summed E-state index contributed by atoms with van der Waals surface area (Å²) in [6.45, 7) is 3.85. The molecule has 2 atom stereocenters. The van der Waals surface area contributed by atoms with Gasteiger partial charge in [-0.3, -0.25) is 4.79 Å². The highest BCUT2D eigenvalue weighted by molar-refractivity contribution is 8.00. The highest BCUT2D eigenvalue weighted by Crippen LogP contribution is 2.33. The van der Waals surface area contributed by atoms with Gasteiger partial charge in [-0.15, -0.1) is 11.8 Å². The maximum atomic E-state index is 12.5. The van der Waals surface area contributed by atoms with E-state index in [1.54, 1.807) is 21.3 Å². The Kier molecular flexibility index (Phi) is 7.21. The second-order valence-electron chi connectivity index (χ2n) is 5.78. The molecule has 0 heterocycles. The van der Waals surface area contributed by atoms with Crippen molar-refractivity contribution in [1.29, 1.82) is 0 Å². The number of nitrogens with one attached hydrogen (secondary N) is 1. The van der Waals surface area contributed by atoms with Gasteiger partial charge < -0.3 is 19.5 Å². The first-order valence-corrected chi connectivity index (χ1v) is 9.19. The van der Waals surface area contributed by atoms with Crippen molar-refractivity contribution in [3.8, 4) is 17.2 Å². The van der Waals surface area contributed by atoms with Gasteiger partial charge in [-0.2, -0.15) is 0 Å². The molecule has 0 aliphatic carbocycles. The van der Waals surface area contributed by atoms with Crippen LogP contribution in [0.1, 0.15) is 25.5 Å². The second-order valence-corrected chi connectivity index (χ2v) is 7.19. The van der Waals surface area contributed by atoms with Crippen molar-refractivity contribution < 1.29 is 19.0 Å². The fraction of sp³-hybridized carbons (Fsp3) is 0.350. The van der Waals surface area contributed by atoms with Crippen molar-refractivity contribution in [2.45, 2.75) is 30.0 Å². The molecule has 2 rings (SSSR count). The van der Waals surface area contributed by atoms with Crippen LogP contribution in [0, 0.1) is 0 Å². The summed E-state index contributed by atoms with van der Waals surface area (Å²) in [4.78, 5) is 13.5. The molecule has 0 aromatic heterocycles. The van der Waals surface area contributed by atoms with Gasteiger partial charge in [-0.05, 0) is 49.7 Å². The molecule has 2 aromatic rings. The lowest BCUT2D eigenvalue weighted by Gasteiger charge is -2.18. The van der Waals surface area contributed by atoms with Gasteiger partial charge >= 0.3 is 0 Å². The zero-order chi connectivity index (χ0) is 19.1. The van der Waals surface area contributed by atoms with Crippen molar-refractivity contribution in [2.75, 3.05) is 21.3 Å². The molecular weight excluding hydrogens is 350 g/mol. The molecule has 0 fully saturated rings. The van der Waals surface area contributed by atoms with E-state index in [1.165, 1.54) is 11.8 Å². The van der Waals surface area contributed by atoms with Crippen molar-refractivity contribution in [3.63, 3.8) is 0 Å². The van der Waals surface area contributed by atoms with Crippen LogP contribution in [0.5, 0.6) is 17.2 Å². The van der Waals surface area contributed by atoms with E-state index in [2.05, 4.69) is 5.32 Å². The Bertz CT molecular complexity index is 733. The van der Waals surface area contributed by atoms with E-state index in [9.17, 15) is 4.79 Å². The van der Waals surface area contributed by atoms with Crippen molar-refractivity contribution in [1.82, 2.24) is 5.32 Å². The first kappa shape index (κ1) is 20.0. The summed E-state index contributed by atoms with van der Waals surface area (Å²) in [6.07, 6.45) is 0. The zero-order valence-electron chi connectivity index (χ0n) is 15.7. The topological polar surface area (TPSA) is 56.8 Å². The van der Waals surface area contributed by atoms with E-state index in [-0.39, 0.29) is 17.2 Å². The Morgan fingerprint density at radius 2 is 1.58 bits per heavy atom. The van der Waals surface area contributed by atoms with Crippen LogP contribution in [0.2, 0.25) is 0 Å². The summed E-state index contributed by atoms with van der Waals surface area (Å²) in [5, 5.41) is 2.81. The van der Waals surface area contributed by atoms with Crippen LogP contribution < -0.4 is 19.5 Å². The number of methoxy groups -OCH3 is 3. The normalized spacial score (nSPS) is 12.8. The molecule has 0 spiro atoms. The van der Waals surface area contributed by atoms with Gasteiger partial charge in [0.25, 0.3) is 0 Å². The van der Waals surface area contributed by atoms with E-state index >= 15 is 0 Å². The van der Waals surface area contributed by atoms with Crippen LogP contribution in [-0.4, -0.2) is 32.5 Å². The van der Waals surface area contributed by atoms with Gasteiger partial charge in [0, 0.05) is 4.90 Å². The minimum atomic E-state index is -0.242. The number of hydrogen-bond acceptors (Lipinski definition) is 5. The van der Waals surface area contributed by atoms with Gasteiger partial charge in [0.1, 0.15) is 5.75 Å². The van der Waals surface area contributed by atoms with Crippen molar-refractivity contribution in [2.24, 2.45) is 0 Å². The molecule has 0 unspecified atom stereocenters. The molecule has 0 aliphatic heterocycles. The summed E-state index contributed by atoms with van der Waals surface area (Å²) < 4.78 is 15.7. The number of carbonyl (C=O) groups is 1. The predicted molar refractivity (Wildman–Crippen MR) is 104 cm³/mol. The Morgan fingerprint density at radius 3 is 2.15 bits per heavy atom. The Morgan fingerprint density at radius 1 is 0.923 bits per heavy atom. The number of rotatable bonds is 8. The SMILES string of the molecule is COc1ccc([C@@H](C)NC(=O)[C@H](C)Sc2ccc(OC)c(OC)c2)cc1. The average Bonchev–Trinajstić information content (AvgIpc) is 2.67. The lowest BCUT2D eigenvalue weighted by Crippen LogP contribution is -2.33. The lowest BCUT2D eigenvalue weighted by molar-refractivity contribution is -0.120. The van der Waals surface area contributed by atoms with E-state index in [4.69, 9.17) is 14.2 Å². The predicted octanol–water partition coefficient (Wildman–Crippen LogP) is 4.07. The first-order chi connectivity index (χ1) is 12.5. The number of hydrogen-bond donors (Lipinski definition) is 1. The molecule has 0 saturated carbocycles. The third kappa shape index (κ3) is 5.08. The average molecular weight is 375 g/mol. The zero-order valence-corrected chi connectivity index (χ0v) is 16.6. The van der Waals surface area contributed by atoms with Gasteiger partial charge in [0.05, 0.1) is 32.6 Å². The molecule has 1 amide bonds. The van der Waals surface area contributed by atoms with Crippen LogP contribution >= 0.6 is 11.8 Å². The second kappa shape index (κ2) is 9.38. The molecule has 5 nitrogen and oxygen atoms in total.